The van der Waals surface area contributed by atoms with Crippen molar-refractivity contribution in [1.29, 1.82) is 0 Å². The third kappa shape index (κ3) is 4.68. The fraction of sp³-hybridized carbons (Fsp3) is 0.824. The molecule has 1 unspecified atom stereocenters. The lowest BCUT2D eigenvalue weighted by atomic mass is 10.1. The van der Waals surface area contributed by atoms with Crippen LogP contribution in [0.15, 0.2) is 0 Å². The van der Waals surface area contributed by atoms with Gasteiger partial charge in [-0.3, -0.25) is 0 Å². The molecule has 0 aliphatic heterocycles. The zero-order valence-corrected chi connectivity index (χ0v) is 15.3. The second-order valence-electron chi connectivity index (χ2n) is 7.41. The Morgan fingerprint density at radius 1 is 1.38 bits per heavy atom. The maximum atomic E-state index is 4.94. The van der Waals surface area contributed by atoms with Crippen molar-refractivity contribution in [3.63, 3.8) is 0 Å². The van der Waals surface area contributed by atoms with Gasteiger partial charge in [0.05, 0.1) is 5.69 Å². The Morgan fingerprint density at radius 2 is 2.05 bits per heavy atom. The average Bonchev–Trinajstić information content (AvgIpc) is 3.17. The third-order valence-corrected chi connectivity index (χ3v) is 5.44. The van der Waals surface area contributed by atoms with Crippen molar-refractivity contribution < 1.29 is 0 Å². The number of rotatable bonds is 7. The number of thiazole rings is 1. The van der Waals surface area contributed by atoms with Gasteiger partial charge in [-0.25, -0.2) is 4.98 Å². The Kier molecular flexibility index (Phi) is 5.31. The quantitative estimate of drug-likeness (QED) is 0.817. The second kappa shape index (κ2) is 6.66. The highest BCUT2D eigenvalue weighted by Gasteiger charge is 2.32. The van der Waals surface area contributed by atoms with Crippen LogP contribution in [0.5, 0.6) is 0 Å². The van der Waals surface area contributed by atoms with Gasteiger partial charge in [0, 0.05) is 30.1 Å². The van der Waals surface area contributed by atoms with Gasteiger partial charge < -0.3 is 10.2 Å². The fourth-order valence-corrected chi connectivity index (χ4v) is 3.60. The number of nitrogens with one attached hydrogen (secondary N) is 1. The summed E-state index contributed by atoms with van der Waals surface area (Å²) in [5, 5.41) is 4.80. The molecule has 1 aromatic heterocycles. The van der Waals surface area contributed by atoms with E-state index in [0.29, 0.717) is 6.04 Å². The monoisotopic (exact) mass is 309 g/mol. The minimum atomic E-state index is 0.154. The highest BCUT2D eigenvalue weighted by Crippen LogP contribution is 2.37. The van der Waals surface area contributed by atoms with E-state index in [9.17, 15) is 0 Å². The van der Waals surface area contributed by atoms with E-state index >= 15 is 0 Å². The molecule has 0 radical (unpaired) electrons. The van der Waals surface area contributed by atoms with Crippen LogP contribution in [0, 0.1) is 5.92 Å². The smallest absolute Gasteiger partial charge is 0.185 e. The lowest BCUT2D eigenvalue weighted by Gasteiger charge is -2.24. The molecule has 1 heterocycles. The molecular formula is C17H31N3S. The normalized spacial score (nSPS) is 17.0. The number of hydrogen-bond acceptors (Lipinski definition) is 4. The van der Waals surface area contributed by atoms with Crippen LogP contribution in [0.1, 0.15) is 64.5 Å². The van der Waals surface area contributed by atoms with E-state index in [4.69, 9.17) is 4.98 Å². The first kappa shape index (κ1) is 16.8. The highest BCUT2D eigenvalue weighted by atomic mass is 32.1. The molecule has 21 heavy (non-hydrogen) atoms. The van der Waals surface area contributed by atoms with Crippen LogP contribution in [0.3, 0.4) is 0 Å². The minimum absolute atomic E-state index is 0.154. The van der Waals surface area contributed by atoms with Gasteiger partial charge in [0.2, 0.25) is 0 Å². The standard InChI is InChI=1S/C17H31N3S/c1-7-8-14-15(11-18-17(3,4)5)21-16(19-14)20(6)12(2)13-9-10-13/h12-13,18H,7-11H2,1-6H3. The maximum absolute atomic E-state index is 4.94. The molecule has 3 nitrogen and oxygen atoms in total. The summed E-state index contributed by atoms with van der Waals surface area (Å²) in [5.74, 6) is 0.879. The van der Waals surface area contributed by atoms with Gasteiger partial charge in [-0.1, -0.05) is 13.3 Å². The molecule has 1 saturated carbocycles. The van der Waals surface area contributed by atoms with Crippen molar-refractivity contribution in [3.8, 4) is 0 Å². The molecule has 0 saturated heterocycles. The molecule has 0 bridgehead atoms. The second-order valence-corrected chi connectivity index (χ2v) is 8.47. The molecule has 4 heteroatoms. The van der Waals surface area contributed by atoms with Crippen molar-refractivity contribution in [1.82, 2.24) is 10.3 Å². The van der Waals surface area contributed by atoms with Crippen LogP contribution in [0.2, 0.25) is 0 Å². The van der Waals surface area contributed by atoms with Crippen molar-refractivity contribution in [2.45, 2.75) is 78.4 Å². The summed E-state index contributed by atoms with van der Waals surface area (Å²) in [6.45, 7) is 12.2. The lowest BCUT2D eigenvalue weighted by molar-refractivity contribution is 0.425. The van der Waals surface area contributed by atoms with Gasteiger partial charge in [0.15, 0.2) is 5.13 Å². The highest BCUT2D eigenvalue weighted by molar-refractivity contribution is 7.15. The van der Waals surface area contributed by atoms with E-state index in [1.54, 1.807) is 0 Å². The van der Waals surface area contributed by atoms with Crippen LogP contribution in [-0.4, -0.2) is 23.6 Å². The minimum Gasteiger partial charge on any atom is -0.348 e. The summed E-state index contributed by atoms with van der Waals surface area (Å²) >= 11 is 1.87. The van der Waals surface area contributed by atoms with Crippen molar-refractivity contribution in [2.75, 3.05) is 11.9 Å². The summed E-state index contributed by atoms with van der Waals surface area (Å²) in [5.41, 5.74) is 1.45. The van der Waals surface area contributed by atoms with Crippen molar-refractivity contribution in [2.24, 2.45) is 5.92 Å². The Bertz CT molecular complexity index is 457. The molecule has 120 valence electrons. The maximum Gasteiger partial charge on any atom is 0.185 e. The van der Waals surface area contributed by atoms with E-state index in [1.165, 1.54) is 28.5 Å². The van der Waals surface area contributed by atoms with Crippen LogP contribution in [0.4, 0.5) is 5.13 Å². The summed E-state index contributed by atoms with van der Waals surface area (Å²) in [6, 6.07) is 0.619. The molecule has 1 aliphatic rings. The molecule has 1 N–H and O–H groups in total. The summed E-state index contributed by atoms with van der Waals surface area (Å²) in [6.07, 6.45) is 5.02. The molecule has 1 fully saturated rings. The third-order valence-electron chi connectivity index (χ3n) is 4.25. The molecule has 0 aromatic carbocycles. The average molecular weight is 310 g/mol. The Morgan fingerprint density at radius 3 is 2.57 bits per heavy atom. The summed E-state index contributed by atoms with van der Waals surface area (Å²) < 4.78 is 0. The number of aryl methyl sites for hydroxylation is 1. The SMILES string of the molecule is CCCc1nc(N(C)C(C)C2CC2)sc1CNC(C)(C)C. The van der Waals surface area contributed by atoms with Gasteiger partial charge >= 0.3 is 0 Å². The van der Waals surface area contributed by atoms with Gasteiger partial charge in [0.1, 0.15) is 0 Å². The van der Waals surface area contributed by atoms with Gasteiger partial charge in [-0.05, 0) is 52.9 Å². The number of hydrogen-bond donors (Lipinski definition) is 1. The van der Waals surface area contributed by atoms with Gasteiger partial charge in [-0.15, -0.1) is 11.3 Å². The van der Waals surface area contributed by atoms with Crippen LogP contribution >= 0.6 is 11.3 Å². The molecular weight excluding hydrogens is 278 g/mol. The fourth-order valence-electron chi connectivity index (χ4n) is 2.51. The van der Waals surface area contributed by atoms with Gasteiger partial charge in [-0.2, -0.15) is 0 Å². The zero-order chi connectivity index (χ0) is 15.6. The molecule has 0 amide bonds. The molecule has 0 spiro atoms. The van der Waals surface area contributed by atoms with Gasteiger partial charge in [0.25, 0.3) is 0 Å². The van der Waals surface area contributed by atoms with Crippen LogP contribution in [-0.2, 0) is 13.0 Å². The number of aromatic nitrogens is 1. The van der Waals surface area contributed by atoms with E-state index in [-0.39, 0.29) is 5.54 Å². The molecule has 2 rings (SSSR count). The van der Waals surface area contributed by atoms with Crippen LogP contribution < -0.4 is 10.2 Å². The van der Waals surface area contributed by atoms with Crippen molar-refractivity contribution >= 4 is 16.5 Å². The Hall–Kier alpha value is -0.610. The van der Waals surface area contributed by atoms with E-state index in [2.05, 4.69) is 51.9 Å². The molecule has 1 atom stereocenters. The first-order valence-electron chi connectivity index (χ1n) is 8.28. The van der Waals surface area contributed by atoms with Crippen LogP contribution in [0.25, 0.3) is 0 Å². The van der Waals surface area contributed by atoms with E-state index in [1.807, 2.05) is 11.3 Å². The predicted molar refractivity (Wildman–Crippen MR) is 93.3 cm³/mol. The summed E-state index contributed by atoms with van der Waals surface area (Å²) in [7, 11) is 2.21. The number of anilines is 1. The predicted octanol–water partition coefficient (Wildman–Crippen LogP) is 4.22. The number of nitrogens with zero attached hydrogens (tertiary/aromatic N) is 2. The topological polar surface area (TPSA) is 28.2 Å². The zero-order valence-electron chi connectivity index (χ0n) is 14.5. The Balaban J connectivity index is 2.11. The largest absolute Gasteiger partial charge is 0.348 e. The van der Waals surface area contributed by atoms with E-state index in [0.717, 1.165) is 25.3 Å². The lowest BCUT2D eigenvalue weighted by Crippen LogP contribution is -2.35. The van der Waals surface area contributed by atoms with E-state index < -0.39 is 0 Å². The molecule has 1 aromatic rings. The summed E-state index contributed by atoms with van der Waals surface area (Å²) in [4.78, 5) is 8.74. The Labute approximate surface area is 134 Å². The molecule has 1 aliphatic carbocycles. The first-order chi connectivity index (χ1) is 9.81. The van der Waals surface area contributed by atoms with Crippen molar-refractivity contribution in [3.05, 3.63) is 10.6 Å². The first-order valence-corrected chi connectivity index (χ1v) is 9.10.